The minimum Gasteiger partial charge on any atom is -0.369 e. The molecule has 2 aromatic carbocycles. The number of hydrogen-bond donors (Lipinski definition) is 2. The summed E-state index contributed by atoms with van der Waals surface area (Å²) in [5.41, 5.74) is 4.25. The highest BCUT2D eigenvalue weighted by molar-refractivity contribution is 7.91. The van der Waals surface area contributed by atoms with Crippen molar-refractivity contribution >= 4 is 44.9 Å². The molecular formula is C28H33Cl2F3N4O4S. The molecule has 2 fully saturated rings. The summed E-state index contributed by atoms with van der Waals surface area (Å²) < 4.78 is 67.7. The first-order valence-corrected chi connectivity index (χ1v) is 16.0. The molecule has 3 N–H and O–H groups in total. The number of nitrogens with two attached hydrogens (primary N) is 1. The number of nitrogens with zero attached hydrogens (tertiary/aromatic N) is 2. The topological polar surface area (TPSA) is 113 Å². The molecule has 0 bridgehead atoms. The summed E-state index contributed by atoms with van der Waals surface area (Å²) in [7, 11) is -3.63. The molecule has 230 valence electrons. The number of benzene rings is 2. The average Bonchev–Trinajstić information content (AvgIpc) is 3.43. The van der Waals surface area contributed by atoms with Crippen molar-refractivity contribution in [2.24, 2.45) is 11.7 Å². The van der Waals surface area contributed by atoms with Gasteiger partial charge < -0.3 is 11.1 Å². The van der Waals surface area contributed by atoms with E-state index in [1.165, 1.54) is 31.2 Å². The zero-order valence-corrected chi connectivity index (χ0v) is 25.3. The Morgan fingerprint density at radius 1 is 1.10 bits per heavy atom. The van der Waals surface area contributed by atoms with Gasteiger partial charge in [0.15, 0.2) is 9.84 Å². The minimum absolute atomic E-state index is 0.0158. The molecule has 0 spiro atoms. The zero-order chi connectivity index (χ0) is 30.8. The lowest BCUT2D eigenvalue weighted by Crippen LogP contribution is -2.47. The number of rotatable bonds is 9. The maximum absolute atomic E-state index is 14.2. The van der Waals surface area contributed by atoms with E-state index in [-0.39, 0.29) is 68.3 Å². The van der Waals surface area contributed by atoms with Gasteiger partial charge in [0.1, 0.15) is 0 Å². The normalized spacial score (nSPS) is 20.5. The standard InChI is InChI=1S/C28H33Cl2F3N4O4S/c1-2-42(40,41)25-6-5-20(29)10-19(25)13-35-27(39)18-11-23(28(31,32)33)22(24(30)12-18)16-36-8-3-4-21(15-36)37-9-7-17(14-37)26(34)38/h5-6,10-12,17,21H,2-4,7-9,13-16H2,1H3,(H2,34,38)(H,35,39)/t17-,21-/m0/s1. The average molecular weight is 650 g/mol. The number of primary amides is 1. The van der Waals surface area contributed by atoms with Gasteiger partial charge in [0.05, 0.1) is 22.1 Å². The van der Waals surface area contributed by atoms with Gasteiger partial charge >= 0.3 is 6.18 Å². The summed E-state index contributed by atoms with van der Waals surface area (Å²) >= 11 is 12.4. The van der Waals surface area contributed by atoms with E-state index >= 15 is 0 Å². The lowest BCUT2D eigenvalue weighted by molar-refractivity contribution is -0.138. The van der Waals surface area contributed by atoms with E-state index in [2.05, 4.69) is 10.2 Å². The summed E-state index contributed by atoms with van der Waals surface area (Å²) in [5, 5.41) is 2.56. The predicted molar refractivity (Wildman–Crippen MR) is 154 cm³/mol. The maximum atomic E-state index is 14.2. The Balaban J connectivity index is 1.52. The number of carbonyl (C=O) groups excluding carboxylic acids is 2. The third-order valence-corrected chi connectivity index (χ3v) is 10.3. The summed E-state index contributed by atoms with van der Waals surface area (Å²) in [6.45, 7) is 3.52. The molecule has 0 aromatic heterocycles. The van der Waals surface area contributed by atoms with Crippen molar-refractivity contribution in [3.8, 4) is 0 Å². The third kappa shape index (κ3) is 7.57. The van der Waals surface area contributed by atoms with Crippen molar-refractivity contribution < 1.29 is 31.2 Å². The molecule has 2 aliphatic heterocycles. The second-order valence-electron chi connectivity index (χ2n) is 10.7. The van der Waals surface area contributed by atoms with Crippen LogP contribution in [0.1, 0.15) is 53.2 Å². The van der Waals surface area contributed by atoms with Gasteiger partial charge in [-0.25, -0.2) is 8.42 Å². The van der Waals surface area contributed by atoms with E-state index in [1.807, 2.05) is 4.90 Å². The molecule has 0 aliphatic carbocycles. The molecular weight excluding hydrogens is 616 g/mol. The second-order valence-corrected chi connectivity index (χ2v) is 13.8. The Kier molecular flexibility index (Phi) is 10.1. The lowest BCUT2D eigenvalue weighted by Gasteiger charge is -2.38. The smallest absolute Gasteiger partial charge is 0.369 e. The molecule has 4 rings (SSSR count). The number of alkyl halides is 3. The van der Waals surface area contributed by atoms with Crippen molar-refractivity contribution in [2.45, 2.75) is 56.4 Å². The van der Waals surface area contributed by atoms with Gasteiger partial charge in [-0.2, -0.15) is 13.2 Å². The Morgan fingerprint density at radius 2 is 1.83 bits per heavy atom. The van der Waals surface area contributed by atoms with Crippen LogP contribution in [0.15, 0.2) is 35.2 Å². The first-order chi connectivity index (χ1) is 19.7. The number of halogens is 5. The van der Waals surface area contributed by atoms with Crippen LogP contribution in [0.5, 0.6) is 0 Å². The largest absolute Gasteiger partial charge is 0.416 e. The van der Waals surface area contributed by atoms with Crippen LogP contribution in [0, 0.1) is 5.92 Å². The van der Waals surface area contributed by atoms with Crippen LogP contribution in [0.2, 0.25) is 10.0 Å². The van der Waals surface area contributed by atoms with Crippen LogP contribution in [0.25, 0.3) is 0 Å². The van der Waals surface area contributed by atoms with E-state index in [1.54, 1.807) is 0 Å². The van der Waals surface area contributed by atoms with Gasteiger partial charge in [0.2, 0.25) is 5.91 Å². The Morgan fingerprint density at radius 3 is 2.48 bits per heavy atom. The molecule has 2 amide bonds. The highest BCUT2D eigenvalue weighted by Crippen LogP contribution is 2.37. The Bertz CT molecular complexity index is 1460. The minimum atomic E-state index is -4.77. The van der Waals surface area contributed by atoms with Crippen LogP contribution in [0.3, 0.4) is 0 Å². The van der Waals surface area contributed by atoms with Gasteiger partial charge in [-0.05, 0) is 73.8 Å². The fourth-order valence-corrected chi connectivity index (χ4v) is 7.24. The summed E-state index contributed by atoms with van der Waals surface area (Å²) in [6, 6.07) is 6.20. The molecule has 0 unspecified atom stereocenters. The van der Waals surface area contributed by atoms with Crippen molar-refractivity contribution in [1.29, 1.82) is 0 Å². The highest BCUT2D eigenvalue weighted by Gasteiger charge is 2.37. The predicted octanol–water partition coefficient (Wildman–Crippen LogP) is 4.51. The van der Waals surface area contributed by atoms with Crippen LogP contribution in [-0.4, -0.2) is 68.0 Å². The maximum Gasteiger partial charge on any atom is 0.416 e. The number of amides is 2. The second kappa shape index (κ2) is 13.1. The molecule has 0 saturated carbocycles. The Hall–Kier alpha value is -2.38. The number of sulfone groups is 1. The summed E-state index contributed by atoms with van der Waals surface area (Å²) in [4.78, 5) is 28.6. The van der Waals surface area contributed by atoms with E-state index in [9.17, 15) is 31.2 Å². The first-order valence-electron chi connectivity index (χ1n) is 13.6. The molecule has 2 heterocycles. The molecule has 2 atom stereocenters. The van der Waals surface area contributed by atoms with Gasteiger partial charge in [-0.3, -0.25) is 19.4 Å². The fourth-order valence-electron chi connectivity index (χ4n) is 5.65. The quantitative estimate of drug-likeness (QED) is 0.414. The number of piperidine rings is 1. The molecule has 0 radical (unpaired) electrons. The fraction of sp³-hybridized carbons (Fsp3) is 0.500. The van der Waals surface area contributed by atoms with Gasteiger partial charge in [-0.15, -0.1) is 0 Å². The van der Waals surface area contributed by atoms with Crippen LogP contribution < -0.4 is 11.1 Å². The molecule has 42 heavy (non-hydrogen) atoms. The number of nitrogens with one attached hydrogen (secondary N) is 1. The Labute approximate surface area is 253 Å². The number of likely N-dealkylation sites (tertiary alicyclic amines) is 2. The van der Waals surface area contributed by atoms with Crippen molar-refractivity contribution in [2.75, 3.05) is 31.9 Å². The number of hydrogen-bond acceptors (Lipinski definition) is 6. The molecule has 2 aromatic rings. The molecule has 2 saturated heterocycles. The van der Waals surface area contributed by atoms with Crippen LogP contribution >= 0.6 is 23.2 Å². The van der Waals surface area contributed by atoms with E-state index < -0.39 is 27.5 Å². The van der Waals surface area contributed by atoms with Crippen molar-refractivity contribution in [3.63, 3.8) is 0 Å². The summed E-state index contributed by atoms with van der Waals surface area (Å²) in [6.07, 6.45) is -2.45. The van der Waals surface area contributed by atoms with Crippen molar-refractivity contribution in [3.05, 3.63) is 62.6 Å². The van der Waals surface area contributed by atoms with Gasteiger partial charge in [0, 0.05) is 47.8 Å². The molecule has 14 heteroatoms. The first kappa shape index (κ1) is 32.5. The molecule has 2 aliphatic rings. The van der Waals surface area contributed by atoms with Crippen LogP contribution in [-0.2, 0) is 33.9 Å². The SMILES string of the molecule is CCS(=O)(=O)c1ccc(Cl)cc1CNC(=O)c1cc(Cl)c(CN2CCC[C@H](N3CC[C@H](C(N)=O)C3)C2)c(C(F)(F)F)c1. The zero-order valence-electron chi connectivity index (χ0n) is 23.0. The van der Waals surface area contributed by atoms with Crippen molar-refractivity contribution in [1.82, 2.24) is 15.1 Å². The summed E-state index contributed by atoms with van der Waals surface area (Å²) in [5.74, 6) is -1.57. The van der Waals surface area contributed by atoms with E-state index in [0.717, 1.165) is 18.9 Å². The van der Waals surface area contributed by atoms with E-state index in [0.29, 0.717) is 32.6 Å². The molecule has 8 nitrogen and oxygen atoms in total. The van der Waals surface area contributed by atoms with E-state index in [4.69, 9.17) is 28.9 Å². The van der Waals surface area contributed by atoms with Crippen LogP contribution in [0.4, 0.5) is 13.2 Å². The lowest BCUT2D eigenvalue weighted by atomic mass is 9.99. The third-order valence-electron chi connectivity index (χ3n) is 7.94. The number of carbonyl (C=O) groups is 2. The highest BCUT2D eigenvalue weighted by atomic mass is 35.5. The monoisotopic (exact) mass is 648 g/mol. The van der Waals surface area contributed by atoms with Gasteiger partial charge in [0.25, 0.3) is 5.91 Å². The van der Waals surface area contributed by atoms with Gasteiger partial charge in [-0.1, -0.05) is 30.1 Å².